The maximum atomic E-state index is 3.77. The minimum absolute atomic E-state index is 0.432. The van der Waals surface area contributed by atoms with Gasteiger partial charge in [0.2, 0.25) is 0 Å². The predicted octanol–water partition coefficient (Wildman–Crippen LogP) is 2.15. The lowest BCUT2D eigenvalue weighted by molar-refractivity contribution is 0.271. The zero-order chi connectivity index (χ0) is 8.41. The SMILES string of the molecule is C=CCC(C)(C)C(C)(C)[SiH3]. The van der Waals surface area contributed by atoms with Gasteiger partial charge in [0.15, 0.2) is 0 Å². The van der Waals surface area contributed by atoms with Crippen LogP contribution in [-0.4, -0.2) is 10.2 Å². The fourth-order valence-corrected chi connectivity index (χ4v) is 0.871. The molecule has 0 N–H and O–H groups in total. The lowest BCUT2D eigenvalue weighted by Crippen LogP contribution is -2.25. The van der Waals surface area contributed by atoms with Crippen LogP contribution in [0.25, 0.3) is 0 Å². The van der Waals surface area contributed by atoms with E-state index in [0.717, 1.165) is 6.42 Å². The van der Waals surface area contributed by atoms with Crippen molar-refractivity contribution in [1.82, 2.24) is 0 Å². The van der Waals surface area contributed by atoms with Gasteiger partial charge in [-0.1, -0.05) is 33.8 Å². The van der Waals surface area contributed by atoms with Crippen LogP contribution in [0.15, 0.2) is 12.7 Å². The Hall–Kier alpha value is -0.0431. The molecule has 0 atom stereocenters. The van der Waals surface area contributed by atoms with Gasteiger partial charge in [-0.05, 0) is 16.9 Å². The minimum Gasteiger partial charge on any atom is -0.103 e. The third-order valence-electron chi connectivity index (χ3n) is 2.68. The van der Waals surface area contributed by atoms with E-state index >= 15 is 0 Å². The molecular formula is C9H20Si. The molecule has 0 saturated heterocycles. The minimum atomic E-state index is 0.432. The van der Waals surface area contributed by atoms with E-state index in [1.54, 1.807) is 0 Å². The monoisotopic (exact) mass is 156 g/mol. The maximum Gasteiger partial charge on any atom is 0.0106 e. The molecule has 0 amide bonds. The summed E-state index contributed by atoms with van der Waals surface area (Å²) in [6.07, 6.45) is 3.16. The van der Waals surface area contributed by atoms with Crippen molar-refractivity contribution in [2.24, 2.45) is 5.41 Å². The summed E-state index contributed by atoms with van der Waals surface area (Å²) >= 11 is 0. The molecule has 0 aliphatic rings. The number of hydrogen-bond acceptors (Lipinski definition) is 0. The normalized spacial score (nSPS) is 13.6. The molecule has 0 saturated carbocycles. The van der Waals surface area contributed by atoms with Crippen LogP contribution in [0.2, 0.25) is 5.04 Å². The third-order valence-corrected chi connectivity index (χ3v) is 4.04. The Balaban J connectivity index is 4.23. The highest BCUT2D eigenvalue weighted by atomic mass is 28.1. The van der Waals surface area contributed by atoms with E-state index in [2.05, 4.69) is 34.3 Å². The van der Waals surface area contributed by atoms with Gasteiger partial charge >= 0.3 is 0 Å². The van der Waals surface area contributed by atoms with Gasteiger partial charge in [-0.2, -0.15) is 0 Å². The lowest BCUT2D eigenvalue weighted by Gasteiger charge is -2.38. The Kier molecular flexibility index (Phi) is 2.90. The van der Waals surface area contributed by atoms with E-state index in [4.69, 9.17) is 0 Å². The standard InChI is InChI=1S/C9H20Si/c1-6-7-8(2,3)9(4,5)10/h6H,1,7H2,2-5,10H3. The number of rotatable bonds is 3. The van der Waals surface area contributed by atoms with E-state index in [1.165, 1.54) is 10.2 Å². The average Bonchev–Trinajstić information content (AvgIpc) is 1.61. The second-order valence-electron chi connectivity index (χ2n) is 4.63. The van der Waals surface area contributed by atoms with Crippen molar-refractivity contribution in [2.75, 3.05) is 0 Å². The molecule has 0 spiro atoms. The van der Waals surface area contributed by atoms with E-state index < -0.39 is 0 Å². The van der Waals surface area contributed by atoms with Gasteiger partial charge in [0.25, 0.3) is 0 Å². The molecule has 0 aromatic carbocycles. The van der Waals surface area contributed by atoms with Gasteiger partial charge in [-0.15, -0.1) is 6.58 Å². The Labute approximate surface area is 68.1 Å². The molecule has 0 nitrogen and oxygen atoms in total. The summed E-state index contributed by atoms with van der Waals surface area (Å²) in [4.78, 5) is 0. The Bertz CT molecular complexity index is 117. The van der Waals surface area contributed by atoms with Crippen molar-refractivity contribution >= 4 is 10.2 Å². The first-order valence-electron chi connectivity index (χ1n) is 3.92. The summed E-state index contributed by atoms with van der Waals surface area (Å²) in [5.74, 6) is 0. The van der Waals surface area contributed by atoms with Crippen LogP contribution in [0.4, 0.5) is 0 Å². The molecule has 0 rings (SSSR count). The number of allylic oxidation sites excluding steroid dienone is 1. The van der Waals surface area contributed by atoms with E-state index in [0.29, 0.717) is 10.5 Å². The highest BCUT2D eigenvalue weighted by Crippen LogP contribution is 2.44. The van der Waals surface area contributed by atoms with Crippen molar-refractivity contribution in [3.05, 3.63) is 12.7 Å². The van der Waals surface area contributed by atoms with E-state index in [9.17, 15) is 0 Å². The second-order valence-corrected chi connectivity index (χ2v) is 7.13. The molecule has 1 heteroatoms. The van der Waals surface area contributed by atoms with Crippen molar-refractivity contribution in [2.45, 2.75) is 39.2 Å². The largest absolute Gasteiger partial charge is 0.103 e. The quantitative estimate of drug-likeness (QED) is 0.434. The molecule has 10 heavy (non-hydrogen) atoms. The van der Waals surface area contributed by atoms with E-state index in [1.807, 2.05) is 6.08 Å². The van der Waals surface area contributed by atoms with Crippen molar-refractivity contribution in [1.29, 1.82) is 0 Å². The van der Waals surface area contributed by atoms with Crippen LogP contribution < -0.4 is 0 Å². The molecule has 60 valence electrons. The van der Waals surface area contributed by atoms with Crippen LogP contribution in [0, 0.1) is 5.41 Å². The highest BCUT2D eigenvalue weighted by Gasteiger charge is 2.30. The zero-order valence-corrected chi connectivity index (χ0v) is 9.99. The summed E-state index contributed by atoms with van der Waals surface area (Å²) in [6, 6.07) is 0. The first-order valence-corrected chi connectivity index (χ1v) is 4.92. The van der Waals surface area contributed by atoms with Gasteiger partial charge in [-0.3, -0.25) is 0 Å². The summed E-state index contributed by atoms with van der Waals surface area (Å²) < 4.78 is 0. The average molecular weight is 156 g/mol. The Morgan fingerprint density at radius 1 is 1.30 bits per heavy atom. The molecule has 0 unspecified atom stereocenters. The van der Waals surface area contributed by atoms with Crippen LogP contribution in [0.1, 0.15) is 34.1 Å². The Morgan fingerprint density at radius 3 is 1.80 bits per heavy atom. The second kappa shape index (κ2) is 2.91. The molecule has 0 aromatic heterocycles. The van der Waals surface area contributed by atoms with Crippen molar-refractivity contribution in [3.63, 3.8) is 0 Å². The molecule has 0 bridgehead atoms. The summed E-state index contributed by atoms with van der Waals surface area (Å²) in [5, 5.41) is 0.515. The fourth-order valence-electron chi connectivity index (χ4n) is 0.667. The van der Waals surface area contributed by atoms with Crippen LogP contribution >= 0.6 is 0 Å². The molecular weight excluding hydrogens is 136 g/mol. The zero-order valence-electron chi connectivity index (χ0n) is 7.99. The smallest absolute Gasteiger partial charge is 0.0106 e. The first-order chi connectivity index (χ1) is 4.31. The van der Waals surface area contributed by atoms with Crippen LogP contribution in [0.3, 0.4) is 0 Å². The van der Waals surface area contributed by atoms with Gasteiger partial charge in [0.05, 0.1) is 0 Å². The topological polar surface area (TPSA) is 0 Å². The molecule has 0 aromatic rings. The fraction of sp³-hybridized carbons (Fsp3) is 0.778. The van der Waals surface area contributed by atoms with Crippen molar-refractivity contribution in [3.8, 4) is 0 Å². The predicted molar refractivity (Wildman–Crippen MR) is 52.6 cm³/mol. The van der Waals surface area contributed by atoms with Gasteiger partial charge in [0.1, 0.15) is 0 Å². The van der Waals surface area contributed by atoms with Crippen LogP contribution in [0.5, 0.6) is 0 Å². The third kappa shape index (κ3) is 2.29. The molecule has 0 fully saturated rings. The summed E-state index contributed by atoms with van der Waals surface area (Å²) in [6.45, 7) is 13.1. The molecule has 0 aliphatic heterocycles. The van der Waals surface area contributed by atoms with E-state index in [-0.39, 0.29) is 0 Å². The summed E-state index contributed by atoms with van der Waals surface area (Å²) in [7, 11) is 1.25. The Morgan fingerprint density at radius 2 is 1.70 bits per heavy atom. The van der Waals surface area contributed by atoms with Crippen LogP contribution in [-0.2, 0) is 0 Å². The molecule has 0 heterocycles. The number of hydrogen-bond donors (Lipinski definition) is 0. The van der Waals surface area contributed by atoms with Gasteiger partial charge in [0, 0.05) is 10.2 Å². The molecule has 0 aliphatic carbocycles. The van der Waals surface area contributed by atoms with Gasteiger partial charge in [-0.25, -0.2) is 0 Å². The highest BCUT2D eigenvalue weighted by molar-refractivity contribution is 6.15. The summed E-state index contributed by atoms with van der Waals surface area (Å²) in [5.41, 5.74) is 0.432. The van der Waals surface area contributed by atoms with Gasteiger partial charge < -0.3 is 0 Å². The first kappa shape index (κ1) is 9.96. The lowest BCUT2D eigenvalue weighted by atomic mass is 9.77. The van der Waals surface area contributed by atoms with Crippen molar-refractivity contribution < 1.29 is 0 Å². The molecule has 0 radical (unpaired) electrons. The maximum absolute atomic E-state index is 3.77.